The van der Waals surface area contributed by atoms with E-state index in [1.165, 1.54) is 58.2 Å². The summed E-state index contributed by atoms with van der Waals surface area (Å²) in [7, 11) is 0. The van der Waals surface area contributed by atoms with Crippen molar-refractivity contribution in [1.82, 2.24) is 10.2 Å². The lowest BCUT2D eigenvalue weighted by molar-refractivity contribution is 0.236. The molecule has 2 nitrogen and oxygen atoms in total. The van der Waals surface area contributed by atoms with Gasteiger partial charge in [0.1, 0.15) is 0 Å². The number of nitrogens with one attached hydrogen (secondary N) is 1. The third-order valence-corrected chi connectivity index (χ3v) is 3.48. The molecule has 0 bridgehead atoms. The summed E-state index contributed by atoms with van der Waals surface area (Å²) >= 11 is 0. The van der Waals surface area contributed by atoms with Gasteiger partial charge in [0.25, 0.3) is 0 Å². The van der Waals surface area contributed by atoms with Crippen LogP contribution >= 0.6 is 0 Å². The molecule has 82 valence electrons. The topological polar surface area (TPSA) is 15.3 Å². The van der Waals surface area contributed by atoms with E-state index < -0.39 is 0 Å². The normalized spacial score (nSPS) is 27.4. The average Bonchev–Trinajstić information content (AvgIpc) is 2.92. The van der Waals surface area contributed by atoms with Crippen molar-refractivity contribution >= 4 is 0 Å². The highest BCUT2D eigenvalue weighted by molar-refractivity contribution is 4.88. The molecule has 1 unspecified atom stereocenters. The van der Waals surface area contributed by atoms with Gasteiger partial charge in [-0.3, -0.25) is 4.90 Å². The van der Waals surface area contributed by atoms with Crippen LogP contribution in [0.1, 0.15) is 45.4 Å². The van der Waals surface area contributed by atoms with Crippen molar-refractivity contribution in [2.24, 2.45) is 0 Å². The predicted molar refractivity (Wildman–Crippen MR) is 60.5 cm³/mol. The van der Waals surface area contributed by atoms with E-state index in [0.717, 1.165) is 12.1 Å². The summed E-state index contributed by atoms with van der Waals surface area (Å²) in [4.78, 5) is 2.73. The van der Waals surface area contributed by atoms with Gasteiger partial charge in [-0.25, -0.2) is 0 Å². The Kier molecular flexibility index (Phi) is 3.82. The fourth-order valence-corrected chi connectivity index (χ4v) is 2.42. The minimum Gasteiger partial charge on any atom is -0.313 e. The highest BCUT2D eigenvalue weighted by Crippen LogP contribution is 2.27. The molecule has 2 rings (SSSR count). The third kappa shape index (κ3) is 2.96. The molecule has 2 fully saturated rings. The summed E-state index contributed by atoms with van der Waals surface area (Å²) in [5, 5.41) is 3.60. The number of nitrogens with zero attached hydrogens (tertiary/aromatic N) is 1. The maximum Gasteiger partial charge on any atom is 0.0195 e. The zero-order valence-electron chi connectivity index (χ0n) is 9.47. The highest BCUT2D eigenvalue weighted by Gasteiger charge is 2.30. The number of rotatable bonds is 6. The smallest absolute Gasteiger partial charge is 0.0195 e. The Morgan fingerprint density at radius 3 is 2.71 bits per heavy atom. The van der Waals surface area contributed by atoms with Crippen molar-refractivity contribution < 1.29 is 0 Å². The summed E-state index contributed by atoms with van der Waals surface area (Å²) in [6.45, 7) is 6.18. The van der Waals surface area contributed by atoms with Crippen LogP contribution in [0, 0.1) is 0 Å². The largest absolute Gasteiger partial charge is 0.313 e. The van der Waals surface area contributed by atoms with Crippen molar-refractivity contribution in [3.63, 3.8) is 0 Å². The summed E-state index contributed by atoms with van der Waals surface area (Å²) in [6.07, 6.45) is 8.41. The second-order valence-corrected chi connectivity index (χ2v) is 4.87. The molecule has 1 aliphatic heterocycles. The summed E-state index contributed by atoms with van der Waals surface area (Å²) in [5.41, 5.74) is 0. The van der Waals surface area contributed by atoms with Crippen molar-refractivity contribution in [1.29, 1.82) is 0 Å². The Balaban J connectivity index is 1.71. The molecule has 0 aromatic heterocycles. The maximum absolute atomic E-state index is 3.60. The Morgan fingerprint density at radius 1 is 1.29 bits per heavy atom. The third-order valence-electron chi connectivity index (χ3n) is 3.48. The monoisotopic (exact) mass is 196 g/mol. The number of unbranched alkanes of at least 4 members (excludes halogenated alkanes) is 1. The van der Waals surface area contributed by atoms with E-state index >= 15 is 0 Å². The minimum atomic E-state index is 0.799. The number of hydrogen-bond donors (Lipinski definition) is 1. The molecule has 0 aromatic carbocycles. The SMILES string of the molecule is CCCCN(CC1CCCN1)C1CC1. The van der Waals surface area contributed by atoms with Crippen molar-refractivity contribution in [3.8, 4) is 0 Å². The highest BCUT2D eigenvalue weighted by atomic mass is 15.2. The molecule has 2 aliphatic rings. The van der Waals surface area contributed by atoms with Gasteiger partial charge in [-0.1, -0.05) is 13.3 Å². The molecule has 0 radical (unpaired) electrons. The van der Waals surface area contributed by atoms with Gasteiger partial charge in [-0.15, -0.1) is 0 Å². The van der Waals surface area contributed by atoms with Crippen molar-refractivity contribution in [2.45, 2.75) is 57.5 Å². The van der Waals surface area contributed by atoms with Gasteiger partial charge in [0.05, 0.1) is 0 Å². The van der Waals surface area contributed by atoms with Gasteiger partial charge in [0.2, 0.25) is 0 Å². The second-order valence-electron chi connectivity index (χ2n) is 4.87. The van der Waals surface area contributed by atoms with Gasteiger partial charge in [0, 0.05) is 18.6 Å². The molecule has 1 aliphatic carbocycles. The Labute approximate surface area is 88.1 Å². The lowest BCUT2D eigenvalue weighted by Crippen LogP contribution is -2.39. The molecule has 1 heterocycles. The predicted octanol–water partition coefficient (Wildman–Crippen LogP) is 2.00. The molecule has 2 heteroatoms. The molecular formula is C12H24N2. The summed E-state index contributed by atoms with van der Waals surface area (Å²) < 4.78 is 0. The first kappa shape index (κ1) is 10.4. The van der Waals surface area contributed by atoms with E-state index in [1.807, 2.05) is 0 Å². The lowest BCUT2D eigenvalue weighted by atomic mass is 10.2. The van der Waals surface area contributed by atoms with E-state index in [-0.39, 0.29) is 0 Å². The maximum atomic E-state index is 3.60. The van der Waals surface area contributed by atoms with Crippen LogP contribution in [0.15, 0.2) is 0 Å². The van der Waals surface area contributed by atoms with Crippen LogP contribution in [-0.4, -0.2) is 36.6 Å². The van der Waals surface area contributed by atoms with Crippen LogP contribution in [0.25, 0.3) is 0 Å². The summed E-state index contributed by atoms with van der Waals surface area (Å²) in [5.74, 6) is 0. The van der Waals surface area contributed by atoms with Crippen LogP contribution in [0.2, 0.25) is 0 Å². The van der Waals surface area contributed by atoms with E-state index in [0.29, 0.717) is 0 Å². The molecule has 0 aromatic rings. The quantitative estimate of drug-likeness (QED) is 0.699. The van der Waals surface area contributed by atoms with Crippen LogP contribution in [0.3, 0.4) is 0 Å². The van der Waals surface area contributed by atoms with Gasteiger partial charge < -0.3 is 5.32 Å². The zero-order chi connectivity index (χ0) is 9.80. The first-order chi connectivity index (χ1) is 6.90. The Bertz CT molecular complexity index is 160. The van der Waals surface area contributed by atoms with E-state index in [9.17, 15) is 0 Å². The Morgan fingerprint density at radius 2 is 2.14 bits per heavy atom. The first-order valence-corrected chi connectivity index (χ1v) is 6.37. The van der Waals surface area contributed by atoms with Crippen LogP contribution < -0.4 is 5.32 Å². The molecule has 1 saturated heterocycles. The molecule has 14 heavy (non-hydrogen) atoms. The second kappa shape index (κ2) is 5.13. The fraction of sp³-hybridized carbons (Fsp3) is 1.00. The fourth-order valence-electron chi connectivity index (χ4n) is 2.42. The van der Waals surface area contributed by atoms with Crippen LogP contribution in [0.4, 0.5) is 0 Å². The van der Waals surface area contributed by atoms with Crippen molar-refractivity contribution in [3.05, 3.63) is 0 Å². The summed E-state index contributed by atoms with van der Waals surface area (Å²) in [6, 6.07) is 1.75. The van der Waals surface area contributed by atoms with Crippen LogP contribution in [0.5, 0.6) is 0 Å². The lowest BCUT2D eigenvalue weighted by Gasteiger charge is -2.25. The molecule has 0 amide bonds. The van der Waals surface area contributed by atoms with Crippen molar-refractivity contribution in [2.75, 3.05) is 19.6 Å². The number of hydrogen-bond acceptors (Lipinski definition) is 2. The van der Waals surface area contributed by atoms with E-state index in [4.69, 9.17) is 0 Å². The zero-order valence-corrected chi connectivity index (χ0v) is 9.47. The molecule has 0 spiro atoms. The molecule has 1 saturated carbocycles. The Hall–Kier alpha value is -0.0800. The van der Waals surface area contributed by atoms with Gasteiger partial charge in [-0.2, -0.15) is 0 Å². The van der Waals surface area contributed by atoms with E-state index in [1.54, 1.807) is 0 Å². The molecule has 1 atom stereocenters. The van der Waals surface area contributed by atoms with Gasteiger partial charge in [0.15, 0.2) is 0 Å². The van der Waals surface area contributed by atoms with Gasteiger partial charge in [-0.05, 0) is 45.2 Å². The van der Waals surface area contributed by atoms with Crippen LogP contribution in [-0.2, 0) is 0 Å². The average molecular weight is 196 g/mol. The molecular weight excluding hydrogens is 172 g/mol. The molecule has 1 N–H and O–H groups in total. The standard InChI is InChI=1S/C12H24N2/c1-2-3-9-14(12-6-7-12)10-11-5-4-8-13-11/h11-13H,2-10H2,1H3. The van der Waals surface area contributed by atoms with E-state index in [2.05, 4.69) is 17.1 Å². The minimum absolute atomic E-state index is 0.799. The first-order valence-electron chi connectivity index (χ1n) is 6.37. The van der Waals surface area contributed by atoms with Gasteiger partial charge >= 0.3 is 0 Å².